The molecular weight excluding hydrogens is 372 g/mol. The van der Waals surface area contributed by atoms with Gasteiger partial charge in [-0.15, -0.1) is 0 Å². The second kappa shape index (κ2) is 10.5. The molecule has 4 heteroatoms. The minimum atomic E-state index is -0.511. The number of hydrogen-bond acceptors (Lipinski definition) is 2. The highest BCUT2D eigenvalue weighted by Crippen LogP contribution is 2.18. The Morgan fingerprint density at radius 2 is 1.40 bits per heavy atom. The molecule has 4 nitrogen and oxygen atoms in total. The summed E-state index contributed by atoms with van der Waals surface area (Å²) in [6.45, 7) is 3.83. The van der Waals surface area contributed by atoms with Crippen LogP contribution in [0.2, 0.25) is 0 Å². The Labute approximate surface area is 178 Å². The zero-order valence-corrected chi connectivity index (χ0v) is 17.5. The van der Waals surface area contributed by atoms with Gasteiger partial charge in [0.2, 0.25) is 0 Å². The Bertz CT molecular complexity index is 953. The van der Waals surface area contributed by atoms with Crippen molar-refractivity contribution >= 4 is 11.7 Å². The SMILES string of the molecule is CC(=O)[C@H](Cc1ccccc1)NC(=O)C[NH2+][C@H](c1ccccc1)c1ccc(C)cc1. The molecule has 1 amide bonds. The molecule has 2 atom stereocenters. The molecular formula is C26H29N2O2+. The molecule has 154 valence electrons. The van der Waals surface area contributed by atoms with Gasteiger partial charge in [-0.1, -0.05) is 90.5 Å². The van der Waals surface area contributed by atoms with Gasteiger partial charge in [-0.05, 0) is 25.8 Å². The molecule has 0 aromatic heterocycles. The van der Waals surface area contributed by atoms with Gasteiger partial charge in [-0.25, -0.2) is 0 Å². The predicted octanol–water partition coefficient (Wildman–Crippen LogP) is 2.96. The highest BCUT2D eigenvalue weighted by Gasteiger charge is 2.22. The number of quaternary nitrogens is 1. The van der Waals surface area contributed by atoms with E-state index >= 15 is 0 Å². The summed E-state index contributed by atoms with van der Waals surface area (Å²) in [5.41, 5.74) is 4.52. The fourth-order valence-corrected chi connectivity index (χ4v) is 3.52. The van der Waals surface area contributed by atoms with Crippen molar-refractivity contribution < 1.29 is 14.9 Å². The van der Waals surface area contributed by atoms with E-state index in [1.807, 2.05) is 53.8 Å². The van der Waals surface area contributed by atoms with Crippen LogP contribution in [-0.2, 0) is 16.0 Å². The van der Waals surface area contributed by atoms with E-state index in [1.165, 1.54) is 12.5 Å². The number of nitrogens with two attached hydrogens (primary N) is 1. The summed E-state index contributed by atoms with van der Waals surface area (Å²) in [5.74, 6) is -0.176. The highest BCUT2D eigenvalue weighted by molar-refractivity contribution is 5.88. The van der Waals surface area contributed by atoms with E-state index in [-0.39, 0.29) is 24.3 Å². The van der Waals surface area contributed by atoms with Gasteiger partial charge in [-0.3, -0.25) is 9.59 Å². The molecule has 3 rings (SSSR count). The van der Waals surface area contributed by atoms with E-state index in [0.717, 1.165) is 16.7 Å². The number of carbonyl (C=O) groups is 2. The Morgan fingerprint density at radius 3 is 2.00 bits per heavy atom. The summed E-state index contributed by atoms with van der Waals surface area (Å²) < 4.78 is 0. The summed E-state index contributed by atoms with van der Waals surface area (Å²) in [4.78, 5) is 24.7. The first-order chi connectivity index (χ1) is 14.5. The van der Waals surface area contributed by atoms with Crippen LogP contribution >= 0.6 is 0 Å². The number of Topliss-reactive ketones (excluding diaryl/α,β-unsaturated/α-hetero) is 1. The number of carbonyl (C=O) groups excluding carboxylic acids is 2. The minimum Gasteiger partial charge on any atom is -0.341 e. The largest absolute Gasteiger partial charge is 0.341 e. The van der Waals surface area contributed by atoms with E-state index in [4.69, 9.17) is 0 Å². The first kappa shape index (κ1) is 21.5. The molecule has 0 fully saturated rings. The van der Waals surface area contributed by atoms with Crippen LogP contribution in [-0.4, -0.2) is 24.3 Å². The summed E-state index contributed by atoms with van der Waals surface area (Å²) in [5, 5.41) is 4.94. The van der Waals surface area contributed by atoms with Gasteiger partial charge in [0.15, 0.2) is 12.3 Å². The lowest BCUT2D eigenvalue weighted by atomic mass is 9.98. The molecule has 3 aromatic rings. The number of rotatable bonds is 9. The first-order valence-electron chi connectivity index (χ1n) is 10.3. The van der Waals surface area contributed by atoms with Crippen LogP contribution in [0.4, 0.5) is 0 Å². The molecule has 3 aromatic carbocycles. The van der Waals surface area contributed by atoms with Crippen LogP contribution < -0.4 is 10.6 Å². The fraction of sp³-hybridized carbons (Fsp3) is 0.231. The summed E-state index contributed by atoms with van der Waals surface area (Å²) >= 11 is 0. The number of benzene rings is 3. The molecule has 0 saturated carbocycles. The van der Waals surface area contributed by atoms with Gasteiger partial charge in [0.05, 0.1) is 6.04 Å². The van der Waals surface area contributed by atoms with Crippen LogP contribution in [0.3, 0.4) is 0 Å². The summed E-state index contributed by atoms with van der Waals surface area (Å²) in [6, 6.07) is 27.8. The van der Waals surface area contributed by atoms with E-state index in [9.17, 15) is 9.59 Å². The Morgan fingerprint density at radius 1 is 0.833 bits per heavy atom. The lowest BCUT2D eigenvalue weighted by molar-refractivity contribution is -0.676. The van der Waals surface area contributed by atoms with Crippen molar-refractivity contribution in [3.63, 3.8) is 0 Å². The van der Waals surface area contributed by atoms with Crippen LogP contribution in [0, 0.1) is 6.92 Å². The molecule has 0 radical (unpaired) electrons. The quantitative estimate of drug-likeness (QED) is 0.579. The maximum absolute atomic E-state index is 12.7. The highest BCUT2D eigenvalue weighted by atomic mass is 16.2. The maximum atomic E-state index is 12.7. The standard InChI is InChI=1S/C26H28N2O2/c1-19-13-15-23(16-14-19)26(22-11-7-4-8-12-22)27-18-25(30)28-24(20(2)29)17-21-9-5-3-6-10-21/h3-16,24,26-27H,17-18H2,1-2H3,(H,28,30)/p+1/t24-,26+/m0/s1. The molecule has 0 saturated heterocycles. The molecule has 0 bridgehead atoms. The minimum absolute atomic E-state index is 0.0162. The normalized spacial score (nSPS) is 12.7. The molecule has 0 unspecified atom stereocenters. The van der Waals surface area contributed by atoms with Crippen LogP contribution in [0.15, 0.2) is 84.9 Å². The van der Waals surface area contributed by atoms with Gasteiger partial charge in [0.1, 0.15) is 6.04 Å². The Kier molecular flexibility index (Phi) is 7.52. The van der Waals surface area contributed by atoms with Gasteiger partial charge in [0, 0.05) is 11.1 Å². The molecule has 0 spiro atoms. The summed E-state index contributed by atoms with van der Waals surface area (Å²) in [7, 11) is 0. The summed E-state index contributed by atoms with van der Waals surface area (Å²) in [6.07, 6.45) is 0.502. The van der Waals surface area contributed by atoms with Gasteiger partial charge < -0.3 is 10.6 Å². The van der Waals surface area contributed by atoms with Gasteiger partial charge in [0.25, 0.3) is 5.91 Å². The van der Waals surface area contributed by atoms with Crippen molar-refractivity contribution in [3.8, 4) is 0 Å². The van der Waals surface area contributed by atoms with Crippen molar-refractivity contribution in [2.75, 3.05) is 6.54 Å². The number of nitrogens with one attached hydrogen (secondary N) is 1. The lowest BCUT2D eigenvalue weighted by Gasteiger charge is -2.19. The Hall–Kier alpha value is -3.24. The number of hydrogen-bond donors (Lipinski definition) is 2. The smallest absolute Gasteiger partial charge is 0.275 e. The molecule has 0 aliphatic carbocycles. The third-order valence-corrected chi connectivity index (χ3v) is 5.24. The third kappa shape index (κ3) is 6.13. The monoisotopic (exact) mass is 401 g/mol. The first-order valence-corrected chi connectivity index (χ1v) is 10.3. The number of ketones is 1. The average molecular weight is 402 g/mol. The van der Waals surface area contributed by atoms with Crippen molar-refractivity contribution in [1.82, 2.24) is 5.32 Å². The lowest BCUT2D eigenvalue weighted by Crippen LogP contribution is -2.88. The molecule has 0 aliphatic rings. The van der Waals surface area contributed by atoms with Gasteiger partial charge in [-0.2, -0.15) is 0 Å². The molecule has 3 N–H and O–H groups in total. The zero-order chi connectivity index (χ0) is 21.3. The van der Waals surface area contributed by atoms with Crippen molar-refractivity contribution in [3.05, 3.63) is 107 Å². The maximum Gasteiger partial charge on any atom is 0.275 e. The molecule has 0 aliphatic heterocycles. The predicted molar refractivity (Wildman–Crippen MR) is 119 cm³/mol. The van der Waals surface area contributed by atoms with E-state index in [2.05, 4.69) is 48.6 Å². The second-order valence-corrected chi connectivity index (χ2v) is 7.66. The van der Waals surface area contributed by atoms with Gasteiger partial charge >= 0.3 is 0 Å². The van der Waals surface area contributed by atoms with E-state index < -0.39 is 6.04 Å². The van der Waals surface area contributed by atoms with Crippen molar-refractivity contribution in [1.29, 1.82) is 0 Å². The average Bonchev–Trinajstić information content (AvgIpc) is 2.76. The van der Waals surface area contributed by atoms with Crippen LogP contribution in [0.5, 0.6) is 0 Å². The Balaban J connectivity index is 1.67. The topological polar surface area (TPSA) is 62.8 Å². The molecule has 0 heterocycles. The van der Waals surface area contributed by atoms with Crippen molar-refractivity contribution in [2.45, 2.75) is 32.4 Å². The zero-order valence-electron chi connectivity index (χ0n) is 17.5. The van der Waals surface area contributed by atoms with Crippen molar-refractivity contribution in [2.24, 2.45) is 0 Å². The fourth-order valence-electron chi connectivity index (χ4n) is 3.52. The van der Waals surface area contributed by atoms with Crippen LogP contribution in [0.1, 0.15) is 35.2 Å². The third-order valence-electron chi connectivity index (χ3n) is 5.24. The van der Waals surface area contributed by atoms with E-state index in [0.29, 0.717) is 6.42 Å². The van der Waals surface area contributed by atoms with E-state index in [1.54, 1.807) is 0 Å². The number of amides is 1. The second-order valence-electron chi connectivity index (χ2n) is 7.66. The number of aryl methyl sites for hydroxylation is 1. The van der Waals surface area contributed by atoms with Crippen LogP contribution in [0.25, 0.3) is 0 Å². The molecule has 30 heavy (non-hydrogen) atoms.